The number of hydrogen-bond acceptors (Lipinski definition) is 5. The van der Waals surface area contributed by atoms with Gasteiger partial charge in [-0.25, -0.2) is 14.8 Å². The van der Waals surface area contributed by atoms with E-state index in [1.807, 2.05) is 53.4 Å². The van der Waals surface area contributed by atoms with Crippen molar-refractivity contribution < 1.29 is 13.9 Å². The molecular formula is C23H23N5O3. The molecule has 1 aliphatic heterocycles. The van der Waals surface area contributed by atoms with Crippen molar-refractivity contribution in [3.63, 3.8) is 0 Å². The van der Waals surface area contributed by atoms with E-state index in [0.29, 0.717) is 19.6 Å². The van der Waals surface area contributed by atoms with Gasteiger partial charge in [0, 0.05) is 24.8 Å². The normalized spacial score (nSPS) is 16.0. The molecule has 1 N–H and O–H groups in total. The Morgan fingerprint density at radius 1 is 1.23 bits per heavy atom. The van der Waals surface area contributed by atoms with E-state index in [1.165, 1.54) is 0 Å². The maximum Gasteiger partial charge on any atom is 0.317 e. The van der Waals surface area contributed by atoms with Crippen LogP contribution in [0, 0.1) is 0 Å². The number of amides is 2. The summed E-state index contributed by atoms with van der Waals surface area (Å²) < 4.78 is 12.7. The third kappa shape index (κ3) is 3.72. The second kappa shape index (κ2) is 8.14. The van der Waals surface area contributed by atoms with Gasteiger partial charge in [-0.1, -0.05) is 0 Å². The molecule has 31 heavy (non-hydrogen) atoms. The van der Waals surface area contributed by atoms with Crippen LogP contribution in [0.1, 0.15) is 18.2 Å². The third-order valence-electron chi connectivity index (χ3n) is 5.61. The van der Waals surface area contributed by atoms with Crippen molar-refractivity contribution in [3.8, 4) is 17.1 Å². The maximum atomic E-state index is 12.7. The molecule has 2 amide bonds. The van der Waals surface area contributed by atoms with Gasteiger partial charge in [0.05, 0.1) is 26.0 Å². The number of benzene rings is 1. The SMILES string of the molecule is COc1ccc(-c2nc3cccnc3n2[C@@H]2CCN(C(=O)NCc3ccco3)C2)cc1. The molecule has 1 aliphatic rings. The maximum absolute atomic E-state index is 12.7. The molecule has 0 spiro atoms. The smallest absolute Gasteiger partial charge is 0.317 e. The first-order valence-electron chi connectivity index (χ1n) is 10.3. The number of urea groups is 1. The number of nitrogens with one attached hydrogen (secondary N) is 1. The van der Waals surface area contributed by atoms with E-state index >= 15 is 0 Å². The van der Waals surface area contributed by atoms with E-state index in [0.717, 1.165) is 40.5 Å². The van der Waals surface area contributed by atoms with E-state index in [-0.39, 0.29) is 12.1 Å². The lowest BCUT2D eigenvalue weighted by Crippen LogP contribution is -2.38. The van der Waals surface area contributed by atoms with Crippen molar-refractivity contribution in [1.82, 2.24) is 24.8 Å². The zero-order valence-corrected chi connectivity index (χ0v) is 17.2. The average Bonchev–Trinajstić information content (AvgIpc) is 3.56. The fourth-order valence-electron chi connectivity index (χ4n) is 4.04. The number of imidazole rings is 1. The second-order valence-electron chi connectivity index (χ2n) is 7.51. The Morgan fingerprint density at radius 3 is 2.87 bits per heavy atom. The zero-order chi connectivity index (χ0) is 21.2. The molecule has 1 fully saturated rings. The number of aromatic nitrogens is 3. The van der Waals surface area contributed by atoms with E-state index in [2.05, 4.69) is 14.9 Å². The van der Waals surface area contributed by atoms with Gasteiger partial charge in [-0.15, -0.1) is 0 Å². The summed E-state index contributed by atoms with van der Waals surface area (Å²) >= 11 is 0. The number of fused-ring (bicyclic) bond motifs is 1. The van der Waals surface area contributed by atoms with Gasteiger partial charge in [0.2, 0.25) is 0 Å². The van der Waals surface area contributed by atoms with Crippen LogP contribution in [-0.4, -0.2) is 45.7 Å². The molecule has 0 unspecified atom stereocenters. The van der Waals surface area contributed by atoms with Crippen LogP contribution in [0.25, 0.3) is 22.6 Å². The summed E-state index contributed by atoms with van der Waals surface area (Å²) in [5, 5.41) is 2.93. The Hall–Kier alpha value is -3.81. The number of rotatable bonds is 5. The summed E-state index contributed by atoms with van der Waals surface area (Å²) in [6.45, 7) is 1.64. The predicted molar refractivity (Wildman–Crippen MR) is 116 cm³/mol. The molecule has 0 saturated carbocycles. The van der Waals surface area contributed by atoms with Crippen LogP contribution < -0.4 is 10.1 Å². The topological polar surface area (TPSA) is 85.4 Å². The Labute approximate surface area is 179 Å². The molecule has 8 heteroatoms. The van der Waals surface area contributed by atoms with Gasteiger partial charge >= 0.3 is 6.03 Å². The first-order chi connectivity index (χ1) is 15.2. The monoisotopic (exact) mass is 417 g/mol. The van der Waals surface area contributed by atoms with Crippen molar-refractivity contribution in [2.45, 2.75) is 19.0 Å². The number of ether oxygens (including phenoxy) is 1. The minimum absolute atomic E-state index is 0.0892. The molecule has 1 saturated heterocycles. The number of hydrogen-bond donors (Lipinski definition) is 1. The van der Waals surface area contributed by atoms with Crippen LogP contribution in [0.3, 0.4) is 0 Å². The Kier molecular flexibility index (Phi) is 5.03. The standard InChI is InChI=1S/C23H23N5O3/c1-30-18-8-6-16(7-9-18)21-26-20-5-2-11-24-22(20)28(21)17-10-12-27(15-17)23(29)25-14-19-4-3-13-31-19/h2-9,11,13,17H,10,12,14-15H2,1H3,(H,25,29)/t17-/m1/s1. The molecule has 0 bridgehead atoms. The van der Waals surface area contributed by atoms with E-state index in [4.69, 9.17) is 14.1 Å². The van der Waals surface area contributed by atoms with Crippen LogP contribution in [0.4, 0.5) is 4.79 Å². The fraction of sp³-hybridized carbons (Fsp3) is 0.261. The first kappa shape index (κ1) is 19.2. The van der Waals surface area contributed by atoms with E-state index in [1.54, 1.807) is 19.6 Å². The highest BCUT2D eigenvalue weighted by molar-refractivity contribution is 5.78. The van der Waals surface area contributed by atoms with Crippen molar-refractivity contribution in [1.29, 1.82) is 0 Å². The average molecular weight is 417 g/mol. The van der Waals surface area contributed by atoms with Gasteiger partial charge in [-0.2, -0.15) is 0 Å². The lowest BCUT2D eigenvalue weighted by molar-refractivity contribution is 0.206. The van der Waals surface area contributed by atoms with Gasteiger partial charge in [-0.3, -0.25) is 0 Å². The van der Waals surface area contributed by atoms with Gasteiger partial charge in [0.25, 0.3) is 0 Å². The Balaban J connectivity index is 1.41. The first-order valence-corrected chi connectivity index (χ1v) is 10.3. The number of nitrogens with zero attached hydrogens (tertiary/aromatic N) is 4. The van der Waals surface area contributed by atoms with Gasteiger partial charge < -0.3 is 23.9 Å². The van der Waals surface area contributed by atoms with Crippen molar-refractivity contribution in [2.24, 2.45) is 0 Å². The third-order valence-corrected chi connectivity index (χ3v) is 5.61. The fourth-order valence-corrected chi connectivity index (χ4v) is 4.04. The largest absolute Gasteiger partial charge is 0.497 e. The number of furan rings is 1. The molecule has 4 aromatic rings. The van der Waals surface area contributed by atoms with Crippen LogP contribution in [0.2, 0.25) is 0 Å². The highest BCUT2D eigenvalue weighted by atomic mass is 16.5. The lowest BCUT2D eigenvalue weighted by atomic mass is 10.2. The van der Waals surface area contributed by atoms with Gasteiger partial charge in [-0.05, 0) is 55.0 Å². The molecule has 1 aromatic carbocycles. The van der Waals surface area contributed by atoms with Crippen molar-refractivity contribution >= 4 is 17.2 Å². The summed E-state index contributed by atoms with van der Waals surface area (Å²) in [7, 11) is 1.65. The summed E-state index contributed by atoms with van der Waals surface area (Å²) in [5.74, 6) is 2.37. The quantitative estimate of drug-likeness (QED) is 0.533. The molecule has 158 valence electrons. The number of likely N-dealkylation sites (tertiary alicyclic amines) is 1. The molecule has 3 aromatic heterocycles. The van der Waals surface area contributed by atoms with Crippen LogP contribution >= 0.6 is 0 Å². The van der Waals surface area contributed by atoms with Crippen molar-refractivity contribution in [3.05, 3.63) is 66.8 Å². The highest BCUT2D eigenvalue weighted by Crippen LogP contribution is 2.32. The molecule has 5 rings (SSSR count). The number of carbonyl (C=O) groups is 1. The molecule has 4 heterocycles. The van der Waals surface area contributed by atoms with E-state index < -0.39 is 0 Å². The molecule has 0 aliphatic carbocycles. The Bertz CT molecular complexity index is 1180. The molecular weight excluding hydrogens is 394 g/mol. The van der Waals surface area contributed by atoms with Crippen molar-refractivity contribution in [2.75, 3.05) is 20.2 Å². The van der Waals surface area contributed by atoms with Gasteiger partial charge in [0.15, 0.2) is 5.65 Å². The summed E-state index contributed by atoms with van der Waals surface area (Å²) in [6, 6.07) is 15.4. The van der Waals surface area contributed by atoms with Crippen LogP contribution in [0.15, 0.2) is 65.4 Å². The summed E-state index contributed by atoms with van der Waals surface area (Å²) in [4.78, 5) is 23.9. The minimum atomic E-state index is -0.0951. The predicted octanol–water partition coefficient (Wildman–Crippen LogP) is 3.86. The number of carbonyl (C=O) groups excluding carboxylic acids is 1. The summed E-state index contributed by atoms with van der Waals surface area (Å²) in [5.41, 5.74) is 2.66. The number of methoxy groups -OCH3 is 1. The number of pyridine rings is 1. The van der Waals surface area contributed by atoms with Crippen LogP contribution in [0.5, 0.6) is 5.75 Å². The van der Waals surface area contributed by atoms with Crippen LogP contribution in [-0.2, 0) is 6.54 Å². The van der Waals surface area contributed by atoms with E-state index in [9.17, 15) is 4.79 Å². The highest BCUT2D eigenvalue weighted by Gasteiger charge is 2.30. The summed E-state index contributed by atoms with van der Waals surface area (Å²) in [6.07, 6.45) is 4.21. The molecule has 1 atom stereocenters. The Morgan fingerprint density at radius 2 is 2.10 bits per heavy atom. The molecule has 0 radical (unpaired) electrons. The van der Waals surface area contributed by atoms with Gasteiger partial charge in [0.1, 0.15) is 22.9 Å². The lowest BCUT2D eigenvalue weighted by Gasteiger charge is -2.19. The zero-order valence-electron chi connectivity index (χ0n) is 17.2. The molecule has 8 nitrogen and oxygen atoms in total. The minimum Gasteiger partial charge on any atom is -0.497 e. The second-order valence-corrected chi connectivity index (χ2v) is 7.51.